The van der Waals surface area contributed by atoms with Gasteiger partial charge in [-0.05, 0) is 43.3 Å². The van der Waals surface area contributed by atoms with Crippen molar-refractivity contribution in [3.8, 4) is 5.75 Å². The van der Waals surface area contributed by atoms with Crippen molar-refractivity contribution in [1.82, 2.24) is 4.90 Å². The van der Waals surface area contributed by atoms with E-state index in [0.29, 0.717) is 0 Å². The maximum absolute atomic E-state index is 12.4. The highest BCUT2D eigenvalue weighted by molar-refractivity contribution is 6.32. The zero-order valence-corrected chi connectivity index (χ0v) is 16.9. The molecule has 1 N–H and O–H groups in total. The fraction of sp³-hybridized carbons (Fsp3) is 0.200. The van der Waals surface area contributed by atoms with Crippen molar-refractivity contribution >= 4 is 41.0 Å². The largest absolute Gasteiger partial charge is 0.449 e. The first-order chi connectivity index (χ1) is 14.6. The van der Waals surface area contributed by atoms with Gasteiger partial charge in [0.2, 0.25) is 0 Å². The second-order valence-corrected chi connectivity index (χ2v) is 6.90. The molecule has 0 fully saturated rings. The molecular formula is C20H15ClF2N2O6. The number of hydrogen-bond acceptors (Lipinski definition) is 6. The van der Waals surface area contributed by atoms with Gasteiger partial charge in [-0.3, -0.25) is 19.3 Å². The normalized spacial score (nSPS) is 13.8. The van der Waals surface area contributed by atoms with Gasteiger partial charge in [0.25, 0.3) is 17.7 Å². The summed E-state index contributed by atoms with van der Waals surface area (Å²) in [6, 6.07) is 7.53. The summed E-state index contributed by atoms with van der Waals surface area (Å²) in [6.07, 6.45) is -1.24. The molecule has 0 saturated heterocycles. The van der Waals surface area contributed by atoms with Crippen molar-refractivity contribution in [3.63, 3.8) is 0 Å². The van der Waals surface area contributed by atoms with Crippen LogP contribution in [0, 0.1) is 0 Å². The van der Waals surface area contributed by atoms with E-state index in [1.807, 2.05) is 0 Å². The molecule has 8 nitrogen and oxygen atoms in total. The predicted molar refractivity (Wildman–Crippen MR) is 104 cm³/mol. The molecule has 162 valence electrons. The molecule has 1 atom stereocenters. The monoisotopic (exact) mass is 452 g/mol. The number of benzene rings is 2. The van der Waals surface area contributed by atoms with E-state index in [1.165, 1.54) is 44.3 Å². The van der Waals surface area contributed by atoms with Gasteiger partial charge in [-0.15, -0.1) is 0 Å². The van der Waals surface area contributed by atoms with Crippen molar-refractivity contribution in [1.29, 1.82) is 0 Å². The lowest BCUT2D eigenvalue weighted by molar-refractivity contribution is -0.123. The quantitative estimate of drug-likeness (QED) is 0.532. The van der Waals surface area contributed by atoms with Crippen molar-refractivity contribution < 1.29 is 37.4 Å². The number of carbonyl (C=O) groups excluding carboxylic acids is 4. The molecule has 1 heterocycles. The van der Waals surface area contributed by atoms with Gasteiger partial charge in [-0.2, -0.15) is 8.78 Å². The van der Waals surface area contributed by atoms with E-state index in [2.05, 4.69) is 10.1 Å². The number of ether oxygens (including phenoxy) is 2. The molecule has 3 amide bonds. The summed E-state index contributed by atoms with van der Waals surface area (Å²) in [6.45, 7) is -1.73. The van der Waals surface area contributed by atoms with Gasteiger partial charge < -0.3 is 14.8 Å². The topological polar surface area (TPSA) is 102 Å². The number of nitrogens with one attached hydrogen (secondary N) is 1. The number of hydrogen-bond donors (Lipinski definition) is 1. The first kappa shape index (κ1) is 22.2. The van der Waals surface area contributed by atoms with Crippen LogP contribution in [0.25, 0.3) is 0 Å². The minimum Gasteiger partial charge on any atom is -0.449 e. The number of carbonyl (C=O) groups is 4. The van der Waals surface area contributed by atoms with Crippen LogP contribution in [0.5, 0.6) is 5.75 Å². The highest BCUT2D eigenvalue weighted by atomic mass is 35.5. The molecule has 1 aliphatic heterocycles. The lowest BCUT2D eigenvalue weighted by Gasteiger charge is -2.14. The summed E-state index contributed by atoms with van der Waals surface area (Å²) in [5, 5.41) is 2.28. The fourth-order valence-electron chi connectivity index (χ4n) is 2.78. The van der Waals surface area contributed by atoms with E-state index in [0.717, 1.165) is 11.0 Å². The van der Waals surface area contributed by atoms with Crippen molar-refractivity contribution in [2.75, 3.05) is 12.4 Å². The number of esters is 1. The predicted octanol–water partition coefficient (Wildman–Crippen LogP) is 3.35. The number of amides is 3. The minimum atomic E-state index is -3.05. The number of fused-ring (bicyclic) bond motifs is 1. The van der Waals surface area contributed by atoms with Crippen LogP contribution in [0.15, 0.2) is 36.4 Å². The summed E-state index contributed by atoms with van der Waals surface area (Å²) in [5.41, 5.74) is 0.404. The van der Waals surface area contributed by atoms with Gasteiger partial charge in [0.1, 0.15) is 5.75 Å². The zero-order chi connectivity index (χ0) is 22.9. The smallest absolute Gasteiger partial charge is 0.387 e. The van der Waals surface area contributed by atoms with Gasteiger partial charge in [-0.25, -0.2) is 4.79 Å². The molecule has 2 aromatic carbocycles. The molecule has 0 bridgehead atoms. The number of rotatable bonds is 6. The van der Waals surface area contributed by atoms with Gasteiger partial charge >= 0.3 is 12.6 Å². The summed E-state index contributed by atoms with van der Waals surface area (Å²) in [7, 11) is 1.33. The number of nitrogens with zero attached hydrogens (tertiary/aromatic N) is 1. The summed E-state index contributed by atoms with van der Waals surface area (Å²) in [4.78, 5) is 49.5. The third-order valence-electron chi connectivity index (χ3n) is 4.39. The Bertz CT molecular complexity index is 1090. The molecule has 2 aromatic rings. The Morgan fingerprint density at radius 1 is 1.06 bits per heavy atom. The van der Waals surface area contributed by atoms with Gasteiger partial charge in [-0.1, -0.05) is 11.6 Å². The molecule has 0 saturated carbocycles. The molecule has 0 aromatic heterocycles. The molecule has 0 radical (unpaired) electrons. The Balaban J connectivity index is 1.65. The van der Waals surface area contributed by atoms with Crippen LogP contribution >= 0.6 is 11.6 Å². The van der Waals surface area contributed by atoms with Crippen LogP contribution in [0.1, 0.15) is 38.0 Å². The number of imide groups is 1. The van der Waals surface area contributed by atoms with E-state index in [1.54, 1.807) is 0 Å². The van der Waals surface area contributed by atoms with Crippen molar-refractivity contribution in [3.05, 3.63) is 58.1 Å². The first-order valence-electron chi connectivity index (χ1n) is 8.81. The Hall–Kier alpha value is -3.53. The van der Waals surface area contributed by atoms with Crippen LogP contribution in [0.2, 0.25) is 5.02 Å². The van der Waals surface area contributed by atoms with Crippen LogP contribution < -0.4 is 10.1 Å². The van der Waals surface area contributed by atoms with Crippen LogP contribution in [0.3, 0.4) is 0 Å². The maximum atomic E-state index is 12.4. The third kappa shape index (κ3) is 4.64. The highest BCUT2D eigenvalue weighted by Crippen LogP contribution is 2.29. The van der Waals surface area contributed by atoms with Crippen LogP contribution in [-0.2, 0) is 9.53 Å². The standard InChI is InChI=1S/C20H15ClF2N2O6/c1-9(16(26)24-11-4-6-15(14(21)8-11)31-20(22)23)30-19(29)10-3-5-12-13(7-10)18(28)25(2)17(12)27/h3-9,20H,1-2H3,(H,24,26). The Morgan fingerprint density at radius 2 is 1.74 bits per heavy atom. The van der Waals surface area contributed by atoms with E-state index >= 15 is 0 Å². The number of alkyl halides is 2. The van der Waals surface area contributed by atoms with E-state index < -0.39 is 36.4 Å². The molecule has 1 unspecified atom stereocenters. The highest BCUT2D eigenvalue weighted by Gasteiger charge is 2.33. The van der Waals surface area contributed by atoms with E-state index in [-0.39, 0.29) is 33.1 Å². The molecule has 0 spiro atoms. The SMILES string of the molecule is CC(OC(=O)c1ccc2c(c1)C(=O)N(C)C2=O)C(=O)Nc1ccc(OC(F)F)c(Cl)c1. The Kier molecular flexibility index (Phi) is 6.21. The maximum Gasteiger partial charge on any atom is 0.387 e. The lowest BCUT2D eigenvalue weighted by Crippen LogP contribution is -2.30. The molecule has 1 aliphatic rings. The van der Waals surface area contributed by atoms with Crippen molar-refractivity contribution in [2.24, 2.45) is 0 Å². The van der Waals surface area contributed by atoms with Gasteiger partial charge in [0.05, 0.1) is 21.7 Å². The molecule has 0 aliphatic carbocycles. The molecular weight excluding hydrogens is 438 g/mol. The molecule has 11 heteroatoms. The van der Waals surface area contributed by atoms with Crippen LogP contribution in [0.4, 0.5) is 14.5 Å². The average molecular weight is 453 g/mol. The third-order valence-corrected chi connectivity index (χ3v) is 4.69. The summed E-state index contributed by atoms with van der Waals surface area (Å²) >= 11 is 5.83. The first-order valence-corrected chi connectivity index (χ1v) is 9.19. The Morgan fingerprint density at radius 3 is 2.39 bits per heavy atom. The summed E-state index contributed by atoms with van der Waals surface area (Å²) in [5.74, 6) is -2.87. The molecule has 31 heavy (non-hydrogen) atoms. The van der Waals surface area contributed by atoms with Gasteiger partial charge in [0.15, 0.2) is 6.10 Å². The second kappa shape index (κ2) is 8.68. The van der Waals surface area contributed by atoms with Gasteiger partial charge in [0, 0.05) is 12.7 Å². The number of halogens is 3. The second-order valence-electron chi connectivity index (χ2n) is 6.49. The minimum absolute atomic E-state index is 0.00797. The average Bonchev–Trinajstić information content (AvgIpc) is 2.93. The Labute approximate surface area is 179 Å². The van der Waals surface area contributed by atoms with E-state index in [4.69, 9.17) is 16.3 Å². The number of anilines is 1. The van der Waals surface area contributed by atoms with Crippen LogP contribution in [-0.4, -0.2) is 48.4 Å². The summed E-state index contributed by atoms with van der Waals surface area (Å²) < 4.78 is 33.9. The zero-order valence-electron chi connectivity index (χ0n) is 16.1. The fourth-order valence-corrected chi connectivity index (χ4v) is 3.01. The molecule has 3 rings (SSSR count). The van der Waals surface area contributed by atoms with Crippen molar-refractivity contribution in [2.45, 2.75) is 19.6 Å². The lowest BCUT2D eigenvalue weighted by atomic mass is 10.1. The van der Waals surface area contributed by atoms with E-state index in [9.17, 15) is 28.0 Å².